The number of benzene rings is 2. The second kappa shape index (κ2) is 8.65. The Kier molecular flexibility index (Phi) is 5.69. The molecule has 5 rings (SSSR count). The summed E-state index contributed by atoms with van der Waals surface area (Å²) in [6, 6.07) is 12.4. The van der Waals surface area contributed by atoms with Crippen LogP contribution in [-0.2, 0) is 11.2 Å². The van der Waals surface area contributed by atoms with E-state index >= 15 is 0 Å². The number of fused-ring (bicyclic) bond motifs is 2. The third kappa shape index (κ3) is 3.62. The fourth-order valence-corrected chi connectivity index (χ4v) is 5.84. The number of hydrogen-bond acceptors (Lipinski definition) is 4. The largest absolute Gasteiger partial charge is 0.496 e. The summed E-state index contributed by atoms with van der Waals surface area (Å²) in [5, 5.41) is 0. The topological polar surface area (TPSA) is 66.9 Å². The number of carbonyl (C=O) groups excluding carboxylic acids is 3. The van der Waals surface area contributed by atoms with Gasteiger partial charge in [-0.25, -0.2) is 0 Å². The van der Waals surface area contributed by atoms with Gasteiger partial charge in [0.15, 0.2) is 0 Å². The van der Waals surface area contributed by atoms with Gasteiger partial charge in [0, 0.05) is 18.0 Å². The summed E-state index contributed by atoms with van der Waals surface area (Å²) in [6.45, 7) is 2.88. The molecule has 33 heavy (non-hydrogen) atoms. The summed E-state index contributed by atoms with van der Waals surface area (Å²) in [4.78, 5) is 43.3. The average molecular weight is 447 g/mol. The van der Waals surface area contributed by atoms with Gasteiger partial charge in [-0.2, -0.15) is 0 Å². The molecule has 2 heterocycles. The van der Waals surface area contributed by atoms with Crippen LogP contribution in [0.1, 0.15) is 70.5 Å². The molecule has 1 fully saturated rings. The number of amides is 3. The van der Waals surface area contributed by atoms with E-state index in [0.29, 0.717) is 30.0 Å². The smallest absolute Gasteiger partial charge is 0.261 e. The second-order valence-electron chi connectivity index (χ2n) is 9.46. The van der Waals surface area contributed by atoms with Crippen LogP contribution in [0.4, 0.5) is 0 Å². The molecule has 2 unspecified atom stereocenters. The third-order valence-electron chi connectivity index (χ3n) is 7.67. The van der Waals surface area contributed by atoms with Crippen molar-refractivity contribution in [2.24, 2.45) is 11.8 Å². The highest BCUT2D eigenvalue weighted by molar-refractivity contribution is 6.21. The number of methoxy groups -OCH3 is 1. The van der Waals surface area contributed by atoms with Crippen molar-refractivity contribution in [3.05, 3.63) is 64.7 Å². The number of nitrogens with zero attached hydrogens (tertiary/aromatic N) is 2. The van der Waals surface area contributed by atoms with Gasteiger partial charge in [-0.15, -0.1) is 0 Å². The molecule has 0 aromatic heterocycles. The van der Waals surface area contributed by atoms with Crippen LogP contribution >= 0.6 is 0 Å². The average Bonchev–Trinajstić information content (AvgIpc) is 3.08. The van der Waals surface area contributed by atoms with E-state index in [2.05, 4.69) is 6.92 Å². The Hall–Kier alpha value is -3.15. The summed E-state index contributed by atoms with van der Waals surface area (Å²) in [6.07, 6.45) is 4.91. The first-order chi connectivity index (χ1) is 16.0. The molecule has 2 aromatic rings. The normalized spacial score (nSPS) is 24.5. The lowest BCUT2D eigenvalue weighted by Crippen LogP contribution is -2.49. The van der Waals surface area contributed by atoms with Crippen molar-refractivity contribution in [3.8, 4) is 5.75 Å². The predicted octanol–water partition coefficient (Wildman–Crippen LogP) is 4.24. The molecule has 0 saturated heterocycles. The van der Waals surface area contributed by atoms with Crippen molar-refractivity contribution in [1.29, 1.82) is 0 Å². The van der Waals surface area contributed by atoms with E-state index in [9.17, 15) is 14.4 Å². The number of ether oxygens (including phenoxy) is 1. The standard InChI is InChI=1S/C27H30N2O4/c1-17-8-3-4-9-18(17)25(30)28-15-14-20-19(12-7-13-24(20)33-2)23(28)16-29-26(31)21-10-5-6-11-22(21)27(29)32/h5-7,10-13,17-18,23H,3-4,8-9,14-16H2,1-2H3/t17?,18-,23?/m1/s1. The third-order valence-corrected chi connectivity index (χ3v) is 7.67. The monoisotopic (exact) mass is 446 g/mol. The fourth-order valence-electron chi connectivity index (χ4n) is 5.84. The maximum Gasteiger partial charge on any atom is 0.261 e. The van der Waals surface area contributed by atoms with E-state index < -0.39 is 0 Å². The molecule has 6 nitrogen and oxygen atoms in total. The Bertz CT molecular complexity index is 1080. The summed E-state index contributed by atoms with van der Waals surface area (Å²) in [7, 11) is 1.65. The number of carbonyl (C=O) groups is 3. The Morgan fingerprint density at radius 2 is 1.70 bits per heavy atom. The molecule has 172 valence electrons. The zero-order valence-electron chi connectivity index (χ0n) is 19.3. The van der Waals surface area contributed by atoms with Gasteiger partial charge in [0.1, 0.15) is 5.75 Å². The molecule has 3 amide bonds. The molecule has 2 aliphatic heterocycles. The summed E-state index contributed by atoms with van der Waals surface area (Å²) < 4.78 is 5.60. The van der Waals surface area contributed by atoms with Crippen LogP contribution in [0.2, 0.25) is 0 Å². The molecule has 3 atom stereocenters. The fraction of sp³-hybridized carbons (Fsp3) is 0.444. The van der Waals surface area contributed by atoms with Crippen LogP contribution < -0.4 is 4.74 Å². The lowest BCUT2D eigenvalue weighted by atomic mass is 9.78. The van der Waals surface area contributed by atoms with E-state index in [1.54, 1.807) is 31.4 Å². The number of hydrogen-bond donors (Lipinski definition) is 0. The van der Waals surface area contributed by atoms with Gasteiger partial charge in [0.2, 0.25) is 5.91 Å². The van der Waals surface area contributed by atoms with Gasteiger partial charge in [0.05, 0.1) is 30.8 Å². The molecule has 6 heteroatoms. The van der Waals surface area contributed by atoms with E-state index in [1.807, 2.05) is 23.1 Å². The highest BCUT2D eigenvalue weighted by Crippen LogP contribution is 2.40. The first-order valence-corrected chi connectivity index (χ1v) is 11.9. The van der Waals surface area contributed by atoms with Crippen LogP contribution in [-0.4, -0.2) is 47.7 Å². The van der Waals surface area contributed by atoms with Crippen LogP contribution in [0.25, 0.3) is 0 Å². The minimum absolute atomic E-state index is 0.00409. The molecule has 0 bridgehead atoms. The quantitative estimate of drug-likeness (QED) is 0.659. The zero-order chi connectivity index (χ0) is 23.1. The van der Waals surface area contributed by atoms with Gasteiger partial charge in [-0.1, -0.05) is 44.0 Å². The highest BCUT2D eigenvalue weighted by Gasteiger charge is 2.42. The highest BCUT2D eigenvalue weighted by atomic mass is 16.5. The Labute approximate surface area is 194 Å². The van der Waals surface area contributed by atoms with Gasteiger partial charge in [-0.3, -0.25) is 19.3 Å². The Morgan fingerprint density at radius 1 is 1.00 bits per heavy atom. The first-order valence-electron chi connectivity index (χ1n) is 11.9. The van der Waals surface area contributed by atoms with Gasteiger partial charge < -0.3 is 9.64 Å². The maximum absolute atomic E-state index is 13.8. The minimum Gasteiger partial charge on any atom is -0.496 e. The van der Waals surface area contributed by atoms with Gasteiger partial charge in [0.25, 0.3) is 11.8 Å². The first kappa shape index (κ1) is 21.7. The Balaban J connectivity index is 1.52. The van der Waals surface area contributed by atoms with Crippen molar-refractivity contribution in [2.45, 2.75) is 45.1 Å². The van der Waals surface area contributed by atoms with Crippen LogP contribution in [0, 0.1) is 11.8 Å². The molecule has 0 spiro atoms. The summed E-state index contributed by atoms with van der Waals surface area (Å²) in [5.41, 5.74) is 2.89. The van der Waals surface area contributed by atoms with Crippen LogP contribution in [0.15, 0.2) is 42.5 Å². The Morgan fingerprint density at radius 3 is 2.36 bits per heavy atom. The molecule has 0 N–H and O–H groups in total. The lowest BCUT2D eigenvalue weighted by Gasteiger charge is -2.42. The van der Waals surface area contributed by atoms with Crippen LogP contribution in [0.3, 0.4) is 0 Å². The minimum atomic E-state index is -0.382. The maximum atomic E-state index is 13.8. The van der Waals surface area contributed by atoms with Gasteiger partial charge in [-0.05, 0) is 48.9 Å². The molecule has 1 aliphatic carbocycles. The second-order valence-corrected chi connectivity index (χ2v) is 9.46. The van der Waals surface area contributed by atoms with E-state index in [-0.39, 0.29) is 36.2 Å². The van der Waals surface area contributed by atoms with Crippen molar-refractivity contribution < 1.29 is 19.1 Å². The molecular weight excluding hydrogens is 416 g/mol. The van der Waals surface area contributed by atoms with Crippen molar-refractivity contribution in [2.75, 3.05) is 20.2 Å². The van der Waals surface area contributed by atoms with Crippen LogP contribution in [0.5, 0.6) is 5.75 Å². The summed E-state index contributed by atoms with van der Waals surface area (Å²) in [5.74, 6) is 0.705. The van der Waals surface area contributed by atoms with Gasteiger partial charge >= 0.3 is 0 Å². The van der Waals surface area contributed by atoms with E-state index in [1.165, 1.54) is 11.3 Å². The molecule has 2 aromatic carbocycles. The number of rotatable bonds is 4. The van der Waals surface area contributed by atoms with E-state index in [0.717, 1.165) is 36.1 Å². The van der Waals surface area contributed by atoms with Crippen molar-refractivity contribution in [3.63, 3.8) is 0 Å². The predicted molar refractivity (Wildman–Crippen MR) is 124 cm³/mol. The molecule has 3 aliphatic rings. The summed E-state index contributed by atoms with van der Waals surface area (Å²) >= 11 is 0. The molecule has 0 radical (unpaired) electrons. The van der Waals surface area contributed by atoms with Crippen molar-refractivity contribution >= 4 is 17.7 Å². The zero-order valence-corrected chi connectivity index (χ0v) is 19.3. The molecule has 1 saturated carbocycles. The SMILES string of the molecule is COc1cccc2c1CCN(C(=O)[C@@H]1CCCCC1C)C2CN1C(=O)c2ccccc2C1=O. The lowest BCUT2D eigenvalue weighted by molar-refractivity contribution is -0.141. The molecular formula is C27H30N2O4. The van der Waals surface area contributed by atoms with E-state index in [4.69, 9.17) is 4.74 Å². The number of imide groups is 1. The van der Waals surface area contributed by atoms with Crippen molar-refractivity contribution in [1.82, 2.24) is 9.80 Å².